The average Bonchev–Trinajstić information content (AvgIpc) is 2.86. The van der Waals surface area contributed by atoms with E-state index in [9.17, 15) is 0 Å². The second-order valence-electron chi connectivity index (χ2n) is 4.59. The third-order valence-corrected chi connectivity index (χ3v) is 3.41. The van der Waals surface area contributed by atoms with Gasteiger partial charge in [-0.25, -0.2) is 4.99 Å². The molecule has 0 aromatic carbocycles. The summed E-state index contributed by atoms with van der Waals surface area (Å²) >= 11 is 1.72. The van der Waals surface area contributed by atoms with E-state index in [1.807, 2.05) is 19.9 Å². The van der Waals surface area contributed by atoms with E-state index in [4.69, 9.17) is 4.74 Å². The lowest BCUT2D eigenvalue weighted by Gasteiger charge is -2.24. The van der Waals surface area contributed by atoms with Gasteiger partial charge in [-0.05, 0) is 32.2 Å². The highest BCUT2D eigenvalue weighted by atomic mass is 127. The summed E-state index contributed by atoms with van der Waals surface area (Å²) in [6, 6.07) is 4.14. The van der Waals surface area contributed by atoms with E-state index in [1.54, 1.807) is 18.4 Å². The fourth-order valence-electron chi connectivity index (χ4n) is 1.27. The van der Waals surface area contributed by atoms with Gasteiger partial charge in [-0.15, -0.1) is 35.3 Å². The number of halogens is 1. The number of hydrogen-bond donors (Lipinski definition) is 2. The summed E-state index contributed by atoms with van der Waals surface area (Å²) in [5.41, 5.74) is -0.195. The second kappa shape index (κ2) is 9.55. The van der Waals surface area contributed by atoms with Gasteiger partial charge < -0.3 is 15.4 Å². The van der Waals surface area contributed by atoms with E-state index in [1.165, 1.54) is 4.88 Å². The summed E-state index contributed by atoms with van der Waals surface area (Å²) in [7, 11) is 1.72. The molecule has 0 radical (unpaired) electrons. The first-order valence-electron chi connectivity index (χ1n) is 6.17. The van der Waals surface area contributed by atoms with Gasteiger partial charge in [0.05, 0.1) is 12.1 Å². The molecule has 19 heavy (non-hydrogen) atoms. The molecule has 4 nitrogen and oxygen atoms in total. The first-order valence-corrected chi connectivity index (χ1v) is 7.05. The van der Waals surface area contributed by atoms with Crippen LogP contribution in [0.1, 0.15) is 25.6 Å². The van der Waals surface area contributed by atoms with Crippen LogP contribution in [-0.4, -0.2) is 31.8 Å². The molecule has 110 valence electrons. The molecule has 0 atom stereocenters. The first-order chi connectivity index (χ1) is 8.57. The van der Waals surface area contributed by atoms with Gasteiger partial charge >= 0.3 is 0 Å². The minimum Gasteiger partial charge on any atom is -0.377 e. The van der Waals surface area contributed by atoms with Crippen LogP contribution in [-0.2, 0) is 11.3 Å². The van der Waals surface area contributed by atoms with Crippen LogP contribution in [0.3, 0.4) is 0 Å². The quantitative estimate of drug-likeness (QED) is 0.441. The molecule has 0 fully saturated rings. The minimum atomic E-state index is -0.195. The van der Waals surface area contributed by atoms with Gasteiger partial charge in [-0.1, -0.05) is 6.07 Å². The number of nitrogens with zero attached hydrogens (tertiary/aromatic N) is 1. The summed E-state index contributed by atoms with van der Waals surface area (Å²) in [6.07, 6.45) is 0. The maximum Gasteiger partial charge on any atom is 0.191 e. The Hall–Kier alpha value is -0.340. The van der Waals surface area contributed by atoms with Crippen molar-refractivity contribution in [1.29, 1.82) is 0 Å². The molecule has 0 spiro atoms. The van der Waals surface area contributed by atoms with Crippen LogP contribution in [0.4, 0.5) is 0 Å². The van der Waals surface area contributed by atoms with Crippen LogP contribution in [0, 0.1) is 0 Å². The normalized spacial score (nSPS) is 11.9. The number of ether oxygens (including phenoxy) is 1. The van der Waals surface area contributed by atoms with Gasteiger partial charge in [-0.3, -0.25) is 0 Å². The largest absolute Gasteiger partial charge is 0.377 e. The highest BCUT2D eigenvalue weighted by Crippen LogP contribution is 2.09. The summed E-state index contributed by atoms with van der Waals surface area (Å²) < 4.78 is 5.37. The van der Waals surface area contributed by atoms with Gasteiger partial charge in [0.15, 0.2) is 5.96 Å². The molecule has 1 aromatic rings. The number of thiophene rings is 1. The lowest BCUT2D eigenvalue weighted by atomic mass is 10.1. The third kappa shape index (κ3) is 7.74. The fraction of sp³-hybridized carbons (Fsp3) is 0.615. The summed E-state index contributed by atoms with van der Waals surface area (Å²) in [5, 5.41) is 8.59. The van der Waals surface area contributed by atoms with E-state index in [-0.39, 0.29) is 29.6 Å². The van der Waals surface area contributed by atoms with Crippen molar-refractivity contribution in [3.05, 3.63) is 22.4 Å². The van der Waals surface area contributed by atoms with E-state index in [0.717, 1.165) is 19.0 Å². The number of guanidine groups is 1. The summed E-state index contributed by atoms with van der Waals surface area (Å²) in [6.45, 7) is 8.43. The molecular weight excluding hydrogens is 373 g/mol. The highest BCUT2D eigenvalue weighted by molar-refractivity contribution is 14.0. The van der Waals surface area contributed by atoms with Crippen molar-refractivity contribution >= 4 is 41.3 Å². The molecule has 0 unspecified atom stereocenters. The zero-order valence-electron chi connectivity index (χ0n) is 12.0. The molecule has 0 saturated heterocycles. The Morgan fingerprint density at radius 2 is 2.16 bits per heavy atom. The van der Waals surface area contributed by atoms with Crippen molar-refractivity contribution in [1.82, 2.24) is 10.6 Å². The van der Waals surface area contributed by atoms with Gasteiger partial charge in [0.2, 0.25) is 0 Å². The SMILES string of the molecule is CCNC(=NCc1cccs1)NCC(C)(C)OC.I. The zero-order chi connectivity index (χ0) is 13.4. The zero-order valence-corrected chi connectivity index (χ0v) is 15.2. The molecule has 1 aromatic heterocycles. The standard InChI is InChI=1S/C13H23N3OS.HI/c1-5-14-12(16-10-13(2,3)17-4)15-9-11-7-6-8-18-11;/h6-8H,5,9-10H2,1-4H3,(H2,14,15,16);1H. The van der Waals surface area contributed by atoms with E-state index < -0.39 is 0 Å². The topological polar surface area (TPSA) is 45.7 Å². The molecule has 0 bridgehead atoms. The molecule has 0 aliphatic carbocycles. The van der Waals surface area contributed by atoms with Crippen LogP contribution in [0.2, 0.25) is 0 Å². The maximum atomic E-state index is 5.37. The van der Waals surface area contributed by atoms with E-state index >= 15 is 0 Å². The molecule has 0 aliphatic rings. The molecule has 1 rings (SSSR count). The van der Waals surface area contributed by atoms with Crippen molar-refractivity contribution < 1.29 is 4.74 Å². The Morgan fingerprint density at radius 1 is 1.42 bits per heavy atom. The maximum absolute atomic E-state index is 5.37. The molecular formula is C13H24IN3OS. The molecule has 6 heteroatoms. The average molecular weight is 397 g/mol. The Balaban J connectivity index is 0.00000324. The smallest absolute Gasteiger partial charge is 0.191 e. The third-order valence-electron chi connectivity index (χ3n) is 2.55. The summed E-state index contributed by atoms with van der Waals surface area (Å²) in [4.78, 5) is 5.80. The lowest BCUT2D eigenvalue weighted by molar-refractivity contribution is 0.0268. The fourth-order valence-corrected chi connectivity index (χ4v) is 1.90. The Kier molecular flexibility index (Phi) is 9.38. The number of nitrogens with one attached hydrogen (secondary N) is 2. The second-order valence-corrected chi connectivity index (χ2v) is 5.62. The molecule has 0 amide bonds. The Labute approximate surface area is 137 Å². The van der Waals surface area contributed by atoms with Crippen LogP contribution in [0.15, 0.2) is 22.5 Å². The number of methoxy groups -OCH3 is 1. The number of aliphatic imine (C=N–C) groups is 1. The predicted octanol–water partition coefficient (Wildman–Crippen LogP) is 2.85. The Morgan fingerprint density at radius 3 is 2.68 bits per heavy atom. The molecule has 1 heterocycles. The van der Waals surface area contributed by atoms with Crippen molar-refractivity contribution in [2.45, 2.75) is 32.9 Å². The predicted molar refractivity (Wildman–Crippen MR) is 93.6 cm³/mol. The summed E-state index contributed by atoms with van der Waals surface area (Å²) in [5.74, 6) is 0.830. The van der Waals surface area contributed by atoms with Crippen LogP contribution in [0.25, 0.3) is 0 Å². The van der Waals surface area contributed by atoms with Crippen LogP contribution >= 0.6 is 35.3 Å². The van der Waals surface area contributed by atoms with Gasteiger partial charge in [0.25, 0.3) is 0 Å². The van der Waals surface area contributed by atoms with Crippen molar-refractivity contribution in [2.24, 2.45) is 4.99 Å². The van der Waals surface area contributed by atoms with Crippen molar-refractivity contribution in [2.75, 3.05) is 20.2 Å². The van der Waals surface area contributed by atoms with Gasteiger partial charge in [-0.2, -0.15) is 0 Å². The van der Waals surface area contributed by atoms with Crippen molar-refractivity contribution in [3.63, 3.8) is 0 Å². The molecule has 0 aliphatic heterocycles. The molecule has 0 saturated carbocycles. The number of hydrogen-bond acceptors (Lipinski definition) is 3. The van der Waals surface area contributed by atoms with E-state index in [0.29, 0.717) is 6.54 Å². The lowest BCUT2D eigenvalue weighted by Crippen LogP contribution is -2.45. The minimum absolute atomic E-state index is 0. The number of rotatable bonds is 6. The highest BCUT2D eigenvalue weighted by Gasteiger charge is 2.16. The van der Waals surface area contributed by atoms with Crippen molar-refractivity contribution in [3.8, 4) is 0 Å². The first kappa shape index (κ1) is 18.7. The van der Waals surface area contributed by atoms with Gasteiger partial charge in [0.1, 0.15) is 0 Å². The monoisotopic (exact) mass is 397 g/mol. The Bertz CT molecular complexity index is 366. The van der Waals surface area contributed by atoms with Gasteiger partial charge in [0, 0.05) is 25.1 Å². The van der Waals surface area contributed by atoms with Crippen LogP contribution in [0.5, 0.6) is 0 Å². The van der Waals surface area contributed by atoms with Crippen LogP contribution < -0.4 is 10.6 Å². The van der Waals surface area contributed by atoms with E-state index in [2.05, 4.69) is 34.0 Å². The molecule has 2 N–H and O–H groups in total.